The number of amides is 1. The molecule has 0 fully saturated rings. The van der Waals surface area contributed by atoms with Crippen molar-refractivity contribution in [2.24, 2.45) is 0 Å². The highest BCUT2D eigenvalue weighted by atomic mass is 35.5. The molecule has 2 nitrogen and oxygen atoms in total. The summed E-state index contributed by atoms with van der Waals surface area (Å²) in [5.74, 6) is 0.442. The quantitative estimate of drug-likeness (QED) is 0.831. The molecule has 1 N–H and O–H groups in total. The molecule has 0 radical (unpaired) electrons. The van der Waals surface area contributed by atoms with E-state index in [9.17, 15) is 4.79 Å². The fraction of sp³-hybridized carbons (Fsp3) is 0.353. The Hall–Kier alpha value is -1.54. The highest BCUT2D eigenvalue weighted by Crippen LogP contribution is 2.17. The number of rotatable bonds is 5. The normalized spacial score (nSPS) is 13.9. The van der Waals surface area contributed by atoms with Gasteiger partial charge in [0, 0.05) is 5.88 Å². The Balaban J connectivity index is 2.10. The number of fused-ring (bicyclic) bond motifs is 1. The van der Waals surface area contributed by atoms with Crippen molar-refractivity contribution in [2.45, 2.75) is 32.2 Å². The molecule has 0 spiro atoms. The molecule has 2 aromatic rings. The van der Waals surface area contributed by atoms with E-state index in [4.69, 9.17) is 11.6 Å². The van der Waals surface area contributed by atoms with Gasteiger partial charge in [-0.05, 0) is 29.7 Å². The molecule has 1 amide bonds. The summed E-state index contributed by atoms with van der Waals surface area (Å²) in [6, 6.07) is 14.3. The summed E-state index contributed by atoms with van der Waals surface area (Å²) in [7, 11) is 0. The van der Waals surface area contributed by atoms with Crippen LogP contribution >= 0.6 is 11.6 Å². The minimum atomic E-state index is -0.324. The van der Waals surface area contributed by atoms with E-state index in [0.717, 1.165) is 17.4 Å². The molecule has 0 aromatic heterocycles. The fourth-order valence-electron chi connectivity index (χ4n) is 2.13. The minimum absolute atomic E-state index is 0.0188. The highest BCUT2D eigenvalue weighted by molar-refractivity contribution is 6.18. The van der Waals surface area contributed by atoms with Crippen LogP contribution in [-0.2, 0) is 11.2 Å². The number of hydrogen-bond acceptors (Lipinski definition) is 1. The molecule has 20 heavy (non-hydrogen) atoms. The SMILES string of the molecule is CCC(C)(CCl)NC(=O)Cc1ccc2ccccc2c1. The molecule has 1 unspecified atom stereocenters. The van der Waals surface area contributed by atoms with Crippen molar-refractivity contribution in [3.05, 3.63) is 48.0 Å². The number of alkyl halides is 1. The second kappa shape index (κ2) is 6.27. The van der Waals surface area contributed by atoms with Gasteiger partial charge < -0.3 is 5.32 Å². The lowest BCUT2D eigenvalue weighted by Gasteiger charge is -2.27. The van der Waals surface area contributed by atoms with E-state index >= 15 is 0 Å². The van der Waals surface area contributed by atoms with Gasteiger partial charge in [-0.2, -0.15) is 0 Å². The third-order valence-corrected chi connectivity index (χ3v) is 4.28. The van der Waals surface area contributed by atoms with Gasteiger partial charge in [0.25, 0.3) is 0 Å². The maximum Gasteiger partial charge on any atom is 0.224 e. The van der Waals surface area contributed by atoms with Gasteiger partial charge in [-0.1, -0.05) is 49.4 Å². The highest BCUT2D eigenvalue weighted by Gasteiger charge is 2.22. The zero-order valence-corrected chi connectivity index (χ0v) is 12.7. The Labute approximate surface area is 125 Å². The molecular weight excluding hydrogens is 270 g/mol. The summed E-state index contributed by atoms with van der Waals surface area (Å²) in [5.41, 5.74) is 0.699. The van der Waals surface area contributed by atoms with E-state index in [0.29, 0.717) is 12.3 Å². The van der Waals surface area contributed by atoms with Gasteiger partial charge in [-0.15, -0.1) is 11.6 Å². The number of nitrogens with one attached hydrogen (secondary N) is 1. The van der Waals surface area contributed by atoms with Crippen molar-refractivity contribution in [1.82, 2.24) is 5.32 Å². The van der Waals surface area contributed by atoms with Crippen molar-refractivity contribution in [3.8, 4) is 0 Å². The number of benzene rings is 2. The predicted octanol–water partition coefficient (Wildman–Crippen LogP) is 3.91. The molecule has 0 aliphatic rings. The van der Waals surface area contributed by atoms with Crippen molar-refractivity contribution in [1.29, 1.82) is 0 Å². The van der Waals surface area contributed by atoms with Crippen LogP contribution in [-0.4, -0.2) is 17.3 Å². The van der Waals surface area contributed by atoms with Crippen molar-refractivity contribution in [3.63, 3.8) is 0 Å². The maximum atomic E-state index is 12.1. The van der Waals surface area contributed by atoms with Crippen LogP contribution in [0.1, 0.15) is 25.8 Å². The van der Waals surface area contributed by atoms with E-state index < -0.39 is 0 Å². The molecule has 0 bridgehead atoms. The molecule has 1 atom stereocenters. The Bertz CT molecular complexity index is 605. The van der Waals surface area contributed by atoms with Gasteiger partial charge in [0.1, 0.15) is 0 Å². The first-order valence-electron chi connectivity index (χ1n) is 6.91. The van der Waals surface area contributed by atoms with Gasteiger partial charge >= 0.3 is 0 Å². The zero-order valence-electron chi connectivity index (χ0n) is 11.9. The summed E-state index contributed by atoms with van der Waals surface area (Å²) in [6.07, 6.45) is 1.21. The lowest BCUT2D eigenvalue weighted by atomic mass is 10.0. The maximum absolute atomic E-state index is 12.1. The molecule has 0 aliphatic carbocycles. The Morgan fingerprint density at radius 1 is 1.20 bits per heavy atom. The van der Waals surface area contributed by atoms with Gasteiger partial charge in [-0.25, -0.2) is 0 Å². The first-order valence-corrected chi connectivity index (χ1v) is 7.44. The average molecular weight is 290 g/mol. The van der Waals surface area contributed by atoms with Gasteiger partial charge in [0.15, 0.2) is 0 Å². The lowest BCUT2D eigenvalue weighted by Crippen LogP contribution is -2.47. The van der Waals surface area contributed by atoms with Crippen molar-refractivity contribution < 1.29 is 4.79 Å². The van der Waals surface area contributed by atoms with E-state index in [1.165, 1.54) is 5.39 Å². The summed E-state index contributed by atoms with van der Waals surface area (Å²) in [5, 5.41) is 5.37. The van der Waals surface area contributed by atoms with Crippen LogP contribution < -0.4 is 5.32 Å². The molecule has 2 rings (SSSR count). The third kappa shape index (κ3) is 3.51. The molecule has 0 saturated heterocycles. The summed E-state index contributed by atoms with van der Waals surface area (Å²) in [4.78, 5) is 12.1. The molecular formula is C17H20ClNO. The van der Waals surface area contributed by atoms with Crippen LogP contribution in [0.2, 0.25) is 0 Å². The van der Waals surface area contributed by atoms with Crippen LogP contribution in [0, 0.1) is 0 Å². The number of hydrogen-bond donors (Lipinski definition) is 1. The van der Waals surface area contributed by atoms with Crippen molar-refractivity contribution in [2.75, 3.05) is 5.88 Å². The van der Waals surface area contributed by atoms with E-state index in [1.54, 1.807) is 0 Å². The lowest BCUT2D eigenvalue weighted by molar-refractivity contribution is -0.122. The molecule has 0 aliphatic heterocycles. The first kappa shape index (κ1) is 14.9. The number of carbonyl (C=O) groups is 1. The number of carbonyl (C=O) groups excluding carboxylic acids is 1. The zero-order chi connectivity index (χ0) is 14.6. The third-order valence-electron chi connectivity index (χ3n) is 3.70. The smallest absolute Gasteiger partial charge is 0.224 e. The first-order chi connectivity index (χ1) is 9.56. The largest absolute Gasteiger partial charge is 0.349 e. The fourth-order valence-corrected chi connectivity index (χ4v) is 2.39. The topological polar surface area (TPSA) is 29.1 Å². The van der Waals surface area contributed by atoms with Gasteiger partial charge in [0.05, 0.1) is 12.0 Å². The van der Waals surface area contributed by atoms with Crippen LogP contribution in [0.3, 0.4) is 0 Å². The second-order valence-electron chi connectivity index (χ2n) is 5.45. The molecule has 3 heteroatoms. The average Bonchev–Trinajstić information content (AvgIpc) is 2.47. The second-order valence-corrected chi connectivity index (χ2v) is 5.72. The van der Waals surface area contributed by atoms with E-state index in [2.05, 4.69) is 29.6 Å². The monoisotopic (exact) mass is 289 g/mol. The molecule has 0 saturated carbocycles. The van der Waals surface area contributed by atoms with Crippen molar-refractivity contribution >= 4 is 28.3 Å². The van der Waals surface area contributed by atoms with E-state index in [1.807, 2.05) is 32.0 Å². The molecule has 106 valence electrons. The summed E-state index contributed by atoms with van der Waals surface area (Å²) in [6.45, 7) is 4.00. The van der Waals surface area contributed by atoms with E-state index in [-0.39, 0.29) is 11.4 Å². The molecule has 0 heterocycles. The summed E-state index contributed by atoms with van der Waals surface area (Å²) < 4.78 is 0. The standard InChI is InChI=1S/C17H20ClNO/c1-3-17(2,12-18)19-16(20)11-13-8-9-14-6-4-5-7-15(14)10-13/h4-10H,3,11-12H2,1-2H3,(H,19,20). The minimum Gasteiger partial charge on any atom is -0.349 e. The number of halogens is 1. The molecule has 2 aromatic carbocycles. The Morgan fingerprint density at radius 2 is 1.90 bits per heavy atom. The van der Waals surface area contributed by atoms with Crippen LogP contribution in [0.4, 0.5) is 0 Å². The van der Waals surface area contributed by atoms with Crippen LogP contribution in [0.25, 0.3) is 10.8 Å². The Kier molecular flexibility index (Phi) is 4.66. The Morgan fingerprint density at radius 3 is 2.55 bits per heavy atom. The van der Waals surface area contributed by atoms with Gasteiger partial charge in [0.2, 0.25) is 5.91 Å². The predicted molar refractivity (Wildman–Crippen MR) is 85.2 cm³/mol. The van der Waals surface area contributed by atoms with Gasteiger partial charge in [-0.3, -0.25) is 4.79 Å². The van der Waals surface area contributed by atoms with Crippen LogP contribution in [0.5, 0.6) is 0 Å². The summed E-state index contributed by atoms with van der Waals surface area (Å²) >= 11 is 5.92. The van der Waals surface area contributed by atoms with Crippen LogP contribution in [0.15, 0.2) is 42.5 Å².